The molecule has 2 amide bonds. The maximum Gasteiger partial charge on any atom is 0.253 e. The van der Waals surface area contributed by atoms with Crippen molar-refractivity contribution in [3.8, 4) is 5.75 Å². The number of nitrogens with zero attached hydrogens (tertiary/aromatic N) is 1. The molecule has 30 heavy (non-hydrogen) atoms. The summed E-state index contributed by atoms with van der Waals surface area (Å²) in [7, 11) is 1.69. The Balaban J connectivity index is 1.23. The predicted molar refractivity (Wildman–Crippen MR) is 118 cm³/mol. The quantitative estimate of drug-likeness (QED) is 0.735. The van der Waals surface area contributed by atoms with Crippen LogP contribution < -0.4 is 10.1 Å². The summed E-state index contributed by atoms with van der Waals surface area (Å²) in [5.41, 5.74) is 2.79. The van der Waals surface area contributed by atoms with Crippen molar-refractivity contribution in [1.29, 1.82) is 0 Å². The largest absolute Gasteiger partial charge is 0.497 e. The molecule has 0 aromatic heterocycles. The highest BCUT2D eigenvalue weighted by Gasteiger charge is 2.29. The fraction of sp³-hybridized carbons (Fsp3) is 0.440. The second kappa shape index (κ2) is 9.33. The first kappa shape index (κ1) is 20.5. The Morgan fingerprint density at radius 3 is 2.23 bits per heavy atom. The molecule has 0 atom stereocenters. The van der Waals surface area contributed by atoms with Gasteiger partial charge in [-0.2, -0.15) is 0 Å². The number of aryl methyl sites for hydroxylation is 1. The highest BCUT2D eigenvalue weighted by atomic mass is 16.5. The lowest BCUT2D eigenvalue weighted by molar-refractivity contribution is -0.117. The van der Waals surface area contributed by atoms with Crippen molar-refractivity contribution in [3.05, 3.63) is 59.7 Å². The normalized spacial score (nSPS) is 16.9. The van der Waals surface area contributed by atoms with E-state index in [-0.39, 0.29) is 17.7 Å². The van der Waals surface area contributed by atoms with Gasteiger partial charge in [-0.1, -0.05) is 12.1 Å². The van der Waals surface area contributed by atoms with Crippen LogP contribution in [0.15, 0.2) is 48.5 Å². The molecule has 0 radical (unpaired) electrons. The molecule has 2 aromatic rings. The number of likely N-dealkylation sites (tertiary alicyclic amines) is 1. The Kier molecular flexibility index (Phi) is 6.36. The number of methoxy groups -OCH3 is 1. The van der Waals surface area contributed by atoms with Gasteiger partial charge in [0.15, 0.2) is 0 Å². The van der Waals surface area contributed by atoms with Crippen molar-refractivity contribution in [3.63, 3.8) is 0 Å². The van der Waals surface area contributed by atoms with Crippen molar-refractivity contribution in [2.24, 2.45) is 11.8 Å². The van der Waals surface area contributed by atoms with E-state index in [0.717, 1.165) is 63.1 Å². The van der Waals surface area contributed by atoms with Crippen LogP contribution in [-0.4, -0.2) is 36.9 Å². The number of amides is 2. The summed E-state index contributed by atoms with van der Waals surface area (Å²) in [5.74, 6) is 1.91. The van der Waals surface area contributed by atoms with Crippen molar-refractivity contribution in [2.75, 3.05) is 25.5 Å². The molecule has 2 fully saturated rings. The first-order valence-electron chi connectivity index (χ1n) is 11.0. The van der Waals surface area contributed by atoms with Gasteiger partial charge in [-0.25, -0.2) is 0 Å². The van der Waals surface area contributed by atoms with Crippen LogP contribution in [0.25, 0.3) is 0 Å². The van der Waals surface area contributed by atoms with E-state index in [1.807, 2.05) is 41.3 Å². The van der Waals surface area contributed by atoms with Gasteiger partial charge in [-0.15, -0.1) is 0 Å². The summed E-state index contributed by atoms with van der Waals surface area (Å²) in [6.07, 6.45) is 6.30. The van der Waals surface area contributed by atoms with Gasteiger partial charge in [0.25, 0.3) is 5.91 Å². The third-order valence-corrected chi connectivity index (χ3v) is 6.25. The van der Waals surface area contributed by atoms with Gasteiger partial charge in [0.2, 0.25) is 5.91 Å². The average Bonchev–Trinajstić information content (AvgIpc) is 3.64. The van der Waals surface area contributed by atoms with Crippen molar-refractivity contribution < 1.29 is 14.3 Å². The molecule has 158 valence electrons. The number of piperidine rings is 1. The molecule has 1 aliphatic heterocycles. The summed E-state index contributed by atoms with van der Waals surface area (Å²) < 4.78 is 5.21. The van der Waals surface area contributed by atoms with E-state index in [1.54, 1.807) is 7.11 Å². The first-order chi connectivity index (χ1) is 14.6. The van der Waals surface area contributed by atoms with Gasteiger partial charge in [0.05, 0.1) is 7.11 Å². The van der Waals surface area contributed by atoms with E-state index < -0.39 is 0 Å². The van der Waals surface area contributed by atoms with Crippen molar-refractivity contribution >= 4 is 17.5 Å². The van der Waals surface area contributed by atoms with E-state index in [9.17, 15) is 9.59 Å². The summed E-state index contributed by atoms with van der Waals surface area (Å²) in [6.45, 7) is 1.62. The predicted octanol–water partition coefficient (Wildman–Crippen LogP) is 4.53. The molecule has 1 N–H and O–H groups in total. The topological polar surface area (TPSA) is 58.6 Å². The lowest BCUT2D eigenvalue weighted by Gasteiger charge is -2.32. The minimum absolute atomic E-state index is 0.0867. The molecule has 5 nitrogen and oxygen atoms in total. The molecule has 4 rings (SSSR count). The van der Waals surface area contributed by atoms with Gasteiger partial charge >= 0.3 is 0 Å². The second-order valence-electron chi connectivity index (χ2n) is 8.46. The van der Waals surface area contributed by atoms with Gasteiger partial charge < -0.3 is 15.0 Å². The highest BCUT2D eigenvalue weighted by molar-refractivity contribution is 5.96. The zero-order valence-electron chi connectivity index (χ0n) is 17.6. The number of hydrogen-bond donors (Lipinski definition) is 1. The number of carbonyl (C=O) groups excluding carboxylic acids is 2. The number of benzene rings is 2. The minimum atomic E-state index is 0.0867. The summed E-state index contributed by atoms with van der Waals surface area (Å²) >= 11 is 0. The smallest absolute Gasteiger partial charge is 0.253 e. The van der Waals surface area contributed by atoms with Crippen LogP contribution in [0.1, 0.15) is 48.0 Å². The SMILES string of the molecule is COc1ccc(CCC2CCN(C(=O)c3ccc(NC(=O)C4CC4)cc3)CC2)cc1. The molecule has 1 heterocycles. The molecule has 0 spiro atoms. The van der Waals surface area contributed by atoms with Gasteiger partial charge in [-0.3, -0.25) is 9.59 Å². The number of carbonyl (C=O) groups is 2. The van der Waals surface area contributed by atoms with Crippen LogP contribution in [0.3, 0.4) is 0 Å². The molecular weight excluding hydrogens is 376 g/mol. The molecule has 1 saturated heterocycles. The zero-order valence-corrected chi connectivity index (χ0v) is 17.6. The highest BCUT2D eigenvalue weighted by Crippen LogP contribution is 2.30. The Labute approximate surface area is 178 Å². The minimum Gasteiger partial charge on any atom is -0.497 e. The van der Waals surface area contributed by atoms with Crippen LogP contribution in [-0.2, 0) is 11.2 Å². The molecule has 0 bridgehead atoms. The average molecular weight is 407 g/mol. The maximum atomic E-state index is 12.8. The Morgan fingerprint density at radius 1 is 0.967 bits per heavy atom. The fourth-order valence-corrected chi connectivity index (χ4v) is 4.06. The summed E-state index contributed by atoms with van der Waals surface area (Å²) in [6, 6.07) is 15.6. The van der Waals surface area contributed by atoms with Crippen molar-refractivity contribution in [2.45, 2.75) is 38.5 Å². The lowest BCUT2D eigenvalue weighted by Crippen LogP contribution is -2.38. The molecule has 5 heteroatoms. The number of rotatable bonds is 7. The Bertz CT molecular complexity index is 864. The monoisotopic (exact) mass is 406 g/mol. The second-order valence-corrected chi connectivity index (χ2v) is 8.46. The number of nitrogens with one attached hydrogen (secondary N) is 1. The number of anilines is 1. The van der Waals surface area contributed by atoms with Crippen LogP contribution in [0, 0.1) is 11.8 Å². The van der Waals surface area contributed by atoms with Crippen LogP contribution >= 0.6 is 0 Å². The third kappa shape index (κ3) is 5.21. The van der Waals surface area contributed by atoms with Crippen molar-refractivity contribution in [1.82, 2.24) is 4.90 Å². The van der Waals surface area contributed by atoms with E-state index in [0.29, 0.717) is 11.5 Å². The van der Waals surface area contributed by atoms with Crippen LogP contribution in [0.2, 0.25) is 0 Å². The third-order valence-electron chi connectivity index (χ3n) is 6.25. The molecule has 2 aromatic carbocycles. The lowest BCUT2D eigenvalue weighted by atomic mass is 9.90. The van der Waals surface area contributed by atoms with Gasteiger partial charge in [0.1, 0.15) is 5.75 Å². The number of ether oxygens (including phenoxy) is 1. The van der Waals surface area contributed by atoms with Crippen LogP contribution in [0.4, 0.5) is 5.69 Å². The van der Waals surface area contributed by atoms with E-state index >= 15 is 0 Å². The Hall–Kier alpha value is -2.82. The molecule has 1 aliphatic carbocycles. The fourth-order valence-electron chi connectivity index (χ4n) is 4.06. The van der Waals surface area contributed by atoms with E-state index in [2.05, 4.69) is 17.4 Å². The summed E-state index contributed by atoms with van der Waals surface area (Å²) in [5, 5.41) is 2.92. The Morgan fingerprint density at radius 2 is 1.63 bits per heavy atom. The first-order valence-corrected chi connectivity index (χ1v) is 11.0. The van der Waals surface area contributed by atoms with Crippen LogP contribution in [0.5, 0.6) is 5.75 Å². The summed E-state index contributed by atoms with van der Waals surface area (Å²) in [4.78, 5) is 26.6. The molecule has 2 aliphatic rings. The molecule has 1 saturated carbocycles. The maximum absolute atomic E-state index is 12.8. The molecule has 0 unspecified atom stereocenters. The molecular formula is C25H30N2O3. The van der Waals surface area contributed by atoms with E-state index in [4.69, 9.17) is 4.74 Å². The standard InChI is InChI=1S/C25H30N2O3/c1-30-23-12-4-18(5-13-23)2-3-19-14-16-27(17-15-19)25(29)21-8-10-22(11-9-21)26-24(28)20-6-7-20/h4-5,8-13,19-20H,2-3,6-7,14-17H2,1H3,(H,26,28). The van der Waals surface area contributed by atoms with Gasteiger partial charge in [0, 0.05) is 30.3 Å². The van der Waals surface area contributed by atoms with Gasteiger partial charge in [-0.05, 0) is 86.4 Å². The van der Waals surface area contributed by atoms with E-state index in [1.165, 1.54) is 5.56 Å². The zero-order chi connectivity index (χ0) is 20.9. The number of hydrogen-bond acceptors (Lipinski definition) is 3.